The molecule has 4 N–H and O–H groups in total. The summed E-state index contributed by atoms with van der Waals surface area (Å²) >= 11 is 0. The van der Waals surface area contributed by atoms with Crippen LogP contribution in [0.25, 0.3) is 56.0 Å². The maximum absolute atomic E-state index is 16.2. The highest BCUT2D eigenvalue weighted by Gasteiger charge is 2.29. The minimum atomic E-state index is -0.566. The number of rotatable bonds is 9. The van der Waals surface area contributed by atoms with E-state index in [1.807, 2.05) is 25.1 Å². The van der Waals surface area contributed by atoms with Gasteiger partial charge in [-0.05, 0) is 57.3 Å². The van der Waals surface area contributed by atoms with E-state index in [1.54, 1.807) is 18.3 Å². The van der Waals surface area contributed by atoms with Crippen molar-refractivity contribution in [1.29, 1.82) is 0 Å². The molecule has 44 heavy (non-hydrogen) atoms. The Bertz CT molecular complexity index is 2030. The van der Waals surface area contributed by atoms with Crippen molar-refractivity contribution in [2.75, 3.05) is 37.8 Å². The Hall–Kier alpha value is -5.30. The number of amides is 1. The molecule has 0 radical (unpaired) electrons. The van der Waals surface area contributed by atoms with Gasteiger partial charge in [0.25, 0.3) is 0 Å². The van der Waals surface area contributed by atoms with Crippen LogP contribution in [0.4, 0.5) is 20.2 Å². The lowest BCUT2D eigenvalue weighted by Crippen LogP contribution is -2.20. The second kappa shape index (κ2) is 11.1. The molecule has 5 aromatic heterocycles. The fourth-order valence-electron chi connectivity index (χ4n) is 5.09. The zero-order valence-corrected chi connectivity index (χ0v) is 23.9. The maximum atomic E-state index is 16.2. The number of fused-ring (bicyclic) bond motifs is 2. The third-order valence-corrected chi connectivity index (χ3v) is 7.48. The van der Waals surface area contributed by atoms with Crippen LogP contribution in [0.2, 0.25) is 0 Å². The van der Waals surface area contributed by atoms with Crippen molar-refractivity contribution >= 4 is 39.3 Å². The minimum Gasteiger partial charge on any atom is -0.384 e. The number of aromatic nitrogens is 7. The molecule has 13 heteroatoms. The summed E-state index contributed by atoms with van der Waals surface area (Å²) in [6.45, 7) is 1.43. The van der Waals surface area contributed by atoms with Crippen LogP contribution in [0, 0.1) is 17.6 Å². The molecule has 7 rings (SSSR count). The summed E-state index contributed by atoms with van der Waals surface area (Å²) in [7, 11) is 3.94. The Morgan fingerprint density at radius 3 is 2.70 bits per heavy atom. The van der Waals surface area contributed by atoms with Crippen molar-refractivity contribution < 1.29 is 13.6 Å². The van der Waals surface area contributed by atoms with Gasteiger partial charge in [-0.15, -0.1) is 0 Å². The topological polar surface area (TPSA) is 140 Å². The van der Waals surface area contributed by atoms with E-state index in [9.17, 15) is 9.18 Å². The number of aromatic amines is 2. The van der Waals surface area contributed by atoms with Crippen molar-refractivity contribution in [3.8, 4) is 33.9 Å². The van der Waals surface area contributed by atoms with Crippen molar-refractivity contribution in [2.24, 2.45) is 5.92 Å². The summed E-state index contributed by atoms with van der Waals surface area (Å²) in [5.41, 5.74) is 4.37. The number of halogens is 2. The van der Waals surface area contributed by atoms with Gasteiger partial charge in [0.1, 0.15) is 22.8 Å². The highest BCUT2D eigenvalue weighted by molar-refractivity contribution is 5.97. The smallest absolute Gasteiger partial charge is 0.227 e. The zero-order valence-electron chi connectivity index (χ0n) is 23.9. The molecule has 222 valence electrons. The average Bonchev–Trinajstić information content (AvgIpc) is 3.62. The molecule has 0 spiro atoms. The molecular formula is C31H28F2N10O. The number of carbonyl (C=O) groups excluding carboxylic acids is 1. The number of nitrogens with zero attached hydrogens (tertiary/aromatic N) is 6. The van der Waals surface area contributed by atoms with Gasteiger partial charge in [-0.25, -0.2) is 18.7 Å². The summed E-state index contributed by atoms with van der Waals surface area (Å²) < 4.78 is 30.8. The highest BCUT2D eigenvalue weighted by atomic mass is 19.1. The molecule has 1 amide bonds. The number of hydrogen-bond acceptors (Lipinski definition) is 8. The maximum Gasteiger partial charge on any atom is 0.227 e. The van der Waals surface area contributed by atoms with Crippen molar-refractivity contribution in [2.45, 2.75) is 12.8 Å². The highest BCUT2D eigenvalue weighted by Crippen LogP contribution is 2.35. The molecule has 0 bridgehead atoms. The van der Waals surface area contributed by atoms with E-state index in [2.05, 4.69) is 40.8 Å². The SMILES string of the molecule is CN(C)CCNc1cc(F)cc(-c2nccc3[nH]c(-c4[nH]nc5ncc(-c6cncc(NC(=O)C7CC7)c6)c(F)c45)nc23)c1. The van der Waals surface area contributed by atoms with Gasteiger partial charge >= 0.3 is 0 Å². The predicted octanol–water partition coefficient (Wildman–Crippen LogP) is 5.23. The van der Waals surface area contributed by atoms with Gasteiger partial charge < -0.3 is 20.5 Å². The molecule has 1 fully saturated rings. The van der Waals surface area contributed by atoms with Crippen LogP contribution < -0.4 is 10.6 Å². The summed E-state index contributed by atoms with van der Waals surface area (Å²) in [6.07, 6.45) is 7.78. The van der Waals surface area contributed by atoms with Gasteiger partial charge in [0, 0.05) is 60.0 Å². The van der Waals surface area contributed by atoms with Crippen LogP contribution in [0.15, 0.2) is 55.1 Å². The Balaban J connectivity index is 1.25. The monoisotopic (exact) mass is 594 g/mol. The van der Waals surface area contributed by atoms with E-state index in [-0.39, 0.29) is 28.4 Å². The second-order valence-corrected chi connectivity index (χ2v) is 11.1. The van der Waals surface area contributed by atoms with Crippen LogP contribution in [-0.2, 0) is 4.79 Å². The number of benzene rings is 1. The number of H-pyrrole nitrogens is 2. The van der Waals surface area contributed by atoms with Gasteiger partial charge in [0.2, 0.25) is 5.91 Å². The van der Waals surface area contributed by atoms with Crippen LogP contribution in [-0.4, -0.2) is 73.1 Å². The molecule has 1 aliphatic rings. The van der Waals surface area contributed by atoms with Crippen LogP contribution >= 0.6 is 0 Å². The molecule has 1 aliphatic carbocycles. The first-order valence-electron chi connectivity index (χ1n) is 14.2. The lowest BCUT2D eigenvalue weighted by Gasteiger charge is -2.12. The summed E-state index contributed by atoms with van der Waals surface area (Å²) in [5, 5.41) is 13.3. The quantitative estimate of drug-likeness (QED) is 0.179. The molecule has 1 saturated carbocycles. The number of hydrogen-bond donors (Lipinski definition) is 4. The van der Waals surface area contributed by atoms with Gasteiger partial charge in [-0.1, -0.05) is 0 Å². The molecular weight excluding hydrogens is 566 g/mol. The number of nitrogens with one attached hydrogen (secondary N) is 4. The lowest BCUT2D eigenvalue weighted by molar-refractivity contribution is -0.117. The van der Waals surface area contributed by atoms with E-state index in [4.69, 9.17) is 4.98 Å². The van der Waals surface area contributed by atoms with Gasteiger partial charge in [0.05, 0.1) is 28.5 Å². The largest absolute Gasteiger partial charge is 0.384 e. The number of carbonyl (C=O) groups is 1. The first kappa shape index (κ1) is 27.5. The Labute approximate surface area is 250 Å². The van der Waals surface area contributed by atoms with E-state index < -0.39 is 11.6 Å². The number of likely N-dealkylation sites (N-methyl/N-ethyl adjacent to an activating group) is 1. The molecule has 0 saturated heterocycles. The third kappa shape index (κ3) is 5.33. The standard InChI is InChI=1S/C31H28F2N10O/c1-43(2)8-7-35-20-10-17(9-19(32)12-20)26-27-23(5-6-36-26)39-30(40-27)28-24-25(33)22(15-37-29(24)42-41-28)18-11-21(14-34-13-18)38-31(44)16-3-4-16/h5-6,9-16,35H,3-4,7-8H2,1-2H3,(H,38,44)(H,39,40)(H,37,41,42). The zero-order chi connectivity index (χ0) is 30.4. The first-order valence-corrected chi connectivity index (χ1v) is 14.2. The van der Waals surface area contributed by atoms with Crippen LogP contribution in [0.1, 0.15) is 12.8 Å². The molecule has 1 aromatic carbocycles. The predicted molar refractivity (Wildman–Crippen MR) is 164 cm³/mol. The summed E-state index contributed by atoms with van der Waals surface area (Å²) in [6, 6.07) is 8.08. The first-order chi connectivity index (χ1) is 21.3. The summed E-state index contributed by atoms with van der Waals surface area (Å²) in [4.78, 5) is 35.3. The Morgan fingerprint density at radius 1 is 1.05 bits per heavy atom. The third-order valence-electron chi connectivity index (χ3n) is 7.48. The Kier molecular flexibility index (Phi) is 6.93. The number of anilines is 2. The molecule has 0 aliphatic heterocycles. The molecule has 6 aromatic rings. The molecule has 0 atom stereocenters. The van der Waals surface area contributed by atoms with Crippen LogP contribution in [0.5, 0.6) is 0 Å². The lowest BCUT2D eigenvalue weighted by atomic mass is 10.1. The van der Waals surface area contributed by atoms with Gasteiger partial charge in [-0.2, -0.15) is 5.10 Å². The fraction of sp³-hybridized carbons (Fsp3) is 0.226. The average molecular weight is 595 g/mol. The van der Waals surface area contributed by atoms with E-state index >= 15 is 4.39 Å². The van der Waals surface area contributed by atoms with Gasteiger partial charge in [-0.3, -0.25) is 19.9 Å². The van der Waals surface area contributed by atoms with E-state index in [0.29, 0.717) is 57.3 Å². The van der Waals surface area contributed by atoms with E-state index in [0.717, 1.165) is 19.4 Å². The number of imidazole rings is 1. The summed E-state index contributed by atoms with van der Waals surface area (Å²) in [5.74, 6) is -0.698. The normalized spacial score (nSPS) is 13.2. The number of pyridine rings is 3. The molecule has 11 nitrogen and oxygen atoms in total. The van der Waals surface area contributed by atoms with Crippen LogP contribution in [0.3, 0.4) is 0 Å². The minimum absolute atomic E-state index is 0.0223. The van der Waals surface area contributed by atoms with E-state index in [1.165, 1.54) is 30.7 Å². The van der Waals surface area contributed by atoms with Crippen molar-refractivity contribution in [3.63, 3.8) is 0 Å². The van der Waals surface area contributed by atoms with Crippen molar-refractivity contribution in [3.05, 3.63) is 66.8 Å². The second-order valence-electron chi connectivity index (χ2n) is 11.1. The fourth-order valence-corrected chi connectivity index (χ4v) is 5.09. The van der Waals surface area contributed by atoms with Gasteiger partial charge in [0.15, 0.2) is 11.5 Å². The molecule has 5 heterocycles. The Morgan fingerprint density at radius 2 is 1.89 bits per heavy atom. The molecule has 0 unspecified atom stereocenters. The van der Waals surface area contributed by atoms with Crippen molar-refractivity contribution in [1.82, 2.24) is 40.0 Å².